The third-order valence-corrected chi connectivity index (χ3v) is 2.81. The summed E-state index contributed by atoms with van der Waals surface area (Å²) in [5.41, 5.74) is 3.95. The first kappa shape index (κ1) is 8.50. The largest absolute Gasteiger partial charge is 0.296 e. The van der Waals surface area contributed by atoms with E-state index in [-0.39, 0.29) is 0 Å². The summed E-state index contributed by atoms with van der Waals surface area (Å²) < 4.78 is 0.508. The first-order chi connectivity index (χ1) is 5.68. The number of nitrogens with one attached hydrogen (secondary N) is 1. The Bertz CT molecular complexity index is 292. The van der Waals surface area contributed by atoms with Gasteiger partial charge in [-0.25, -0.2) is 0 Å². The Labute approximate surface area is 85.7 Å². The summed E-state index contributed by atoms with van der Waals surface area (Å²) in [6.45, 7) is 4.25. The third-order valence-electron chi connectivity index (χ3n) is 2.22. The molecule has 66 valence electrons. The number of alkyl halides is 1. The minimum atomic E-state index is 0.508. The molecule has 1 aliphatic rings. The van der Waals surface area contributed by atoms with E-state index in [4.69, 9.17) is 0 Å². The molecule has 3 nitrogen and oxygen atoms in total. The second kappa shape index (κ2) is 2.99. The molecule has 1 aromatic rings. The van der Waals surface area contributed by atoms with Gasteiger partial charge in [-0.05, 0) is 14.0 Å². The number of aromatic amines is 1. The predicted octanol–water partition coefficient (Wildman–Crippen LogP) is 1.85. The van der Waals surface area contributed by atoms with Crippen LogP contribution in [0.3, 0.4) is 0 Å². The Balaban J connectivity index is 2.37. The molecule has 2 heterocycles. The van der Waals surface area contributed by atoms with Gasteiger partial charge in [0.2, 0.25) is 0 Å². The van der Waals surface area contributed by atoms with Crippen LogP contribution in [0.25, 0.3) is 0 Å². The molecule has 1 aliphatic heterocycles. The van der Waals surface area contributed by atoms with Gasteiger partial charge in [-0.3, -0.25) is 10.00 Å². The van der Waals surface area contributed by atoms with E-state index in [1.165, 1.54) is 17.0 Å². The first-order valence-corrected chi connectivity index (χ1v) is 5.31. The van der Waals surface area contributed by atoms with Crippen molar-refractivity contribution in [2.75, 3.05) is 7.05 Å². The number of aromatic nitrogens is 2. The van der Waals surface area contributed by atoms with Crippen LogP contribution < -0.4 is 0 Å². The van der Waals surface area contributed by atoms with Crippen LogP contribution in [-0.2, 0) is 13.1 Å². The standard InChI is InChI=1S/C8H12IN3/c1-5(9)8-6-3-12(2)4-7(6)10-11-8/h5H,3-4H2,1-2H3,(H,10,11). The Morgan fingerprint density at radius 2 is 2.33 bits per heavy atom. The Morgan fingerprint density at radius 1 is 1.58 bits per heavy atom. The lowest BCUT2D eigenvalue weighted by Crippen LogP contribution is -2.09. The molecule has 2 rings (SSSR count). The number of H-pyrrole nitrogens is 1. The Morgan fingerprint density at radius 3 is 3.00 bits per heavy atom. The molecule has 1 atom stereocenters. The second-order valence-corrected chi connectivity index (χ2v) is 5.22. The third kappa shape index (κ3) is 1.26. The first-order valence-electron chi connectivity index (χ1n) is 4.07. The number of hydrogen-bond donors (Lipinski definition) is 1. The summed E-state index contributed by atoms with van der Waals surface area (Å²) in [6.07, 6.45) is 0. The maximum absolute atomic E-state index is 4.31. The number of hydrogen-bond acceptors (Lipinski definition) is 2. The average Bonchev–Trinajstić information content (AvgIpc) is 2.43. The quantitative estimate of drug-likeness (QED) is 0.627. The van der Waals surface area contributed by atoms with Crippen molar-refractivity contribution >= 4 is 22.6 Å². The van der Waals surface area contributed by atoms with Gasteiger partial charge in [0.1, 0.15) is 0 Å². The molecule has 0 aromatic carbocycles. The van der Waals surface area contributed by atoms with Crippen LogP contribution in [0.1, 0.15) is 27.8 Å². The van der Waals surface area contributed by atoms with Crippen molar-refractivity contribution in [2.45, 2.75) is 23.9 Å². The van der Waals surface area contributed by atoms with Gasteiger partial charge in [-0.1, -0.05) is 22.6 Å². The summed E-state index contributed by atoms with van der Waals surface area (Å²) in [6, 6.07) is 0. The van der Waals surface area contributed by atoms with Crippen molar-refractivity contribution < 1.29 is 0 Å². The lowest BCUT2D eigenvalue weighted by atomic mass is 10.2. The fraction of sp³-hybridized carbons (Fsp3) is 0.625. The van der Waals surface area contributed by atoms with Crippen molar-refractivity contribution in [3.8, 4) is 0 Å². The zero-order valence-corrected chi connectivity index (χ0v) is 9.42. The molecule has 0 spiro atoms. The number of halogens is 1. The summed E-state index contributed by atoms with van der Waals surface area (Å²) in [4.78, 5) is 2.30. The van der Waals surface area contributed by atoms with E-state index in [0.29, 0.717) is 3.92 Å². The van der Waals surface area contributed by atoms with Crippen molar-refractivity contribution in [1.29, 1.82) is 0 Å². The predicted molar refractivity (Wildman–Crippen MR) is 56.2 cm³/mol. The topological polar surface area (TPSA) is 31.9 Å². The molecule has 1 unspecified atom stereocenters. The highest BCUT2D eigenvalue weighted by Gasteiger charge is 2.23. The second-order valence-electron chi connectivity index (χ2n) is 3.35. The fourth-order valence-electron chi connectivity index (χ4n) is 1.65. The van der Waals surface area contributed by atoms with Gasteiger partial charge in [-0.2, -0.15) is 5.10 Å². The zero-order valence-electron chi connectivity index (χ0n) is 7.26. The van der Waals surface area contributed by atoms with Crippen LogP contribution in [0.5, 0.6) is 0 Å². The Hall–Kier alpha value is -0.100. The van der Waals surface area contributed by atoms with Crippen LogP contribution >= 0.6 is 22.6 Å². The molecule has 4 heteroatoms. The summed E-state index contributed by atoms with van der Waals surface area (Å²) >= 11 is 2.40. The highest BCUT2D eigenvalue weighted by atomic mass is 127. The molecule has 0 saturated heterocycles. The molecule has 0 bridgehead atoms. The van der Waals surface area contributed by atoms with E-state index in [1.54, 1.807) is 0 Å². The lowest BCUT2D eigenvalue weighted by Gasteiger charge is -2.06. The summed E-state index contributed by atoms with van der Waals surface area (Å²) in [5.74, 6) is 0. The van der Waals surface area contributed by atoms with Crippen molar-refractivity contribution in [2.24, 2.45) is 0 Å². The number of rotatable bonds is 1. The minimum Gasteiger partial charge on any atom is -0.296 e. The van der Waals surface area contributed by atoms with Gasteiger partial charge in [0, 0.05) is 18.7 Å². The van der Waals surface area contributed by atoms with Crippen molar-refractivity contribution in [3.63, 3.8) is 0 Å². The highest BCUT2D eigenvalue weighted by molar-refractivity contribution is 14.1. The molecular formula is C8H12IN3. The molecule has 1 aromatic heterocycles. The Kier molecular flexibility index (Phi) is 2.12. The maximum Gasteiger partial charge on any atom is 0.0795 e. The van der Waals surface area contributed by atoms with Crippen molar-refractivity contribution in [1.82, 2.24) is 15.1 Å². The zero-order chi connectivity index (χ0) is 8.72. The van der Waals surface area contributed by atoms with Gasteiger partial charge in [-0.15, -0.1) is 0 Å². The van der Waals surface area contributed by atoms with E-state index < -0.39 is 0 Å². The van der Waals surface area contributed by atoms with Gasteiger partial charge in [0.25, 0.3) is 0 Å². The van der Waals surface area contributed by atoms with E-state index in [9.17, 15) is 0 Å². The van der Waals surface area contributed by atoms with Gasteiger partial charge in [0.05, 0.1) is 15.3 Å². The average molecular weight is 277 g/mol. The van der Waals surface area contributed by atoms with E-state index >= 15 is 0 Å². The van der Waals surface area contributed by atoms with Crippen molar-refractivity contribution in [3.05, 3.63) is 17.0 Å². The summed E-state index contributed by atoms with van der Waals surface area (Å²) in [5, 5.41) is 7.41. The van der Waals surface area contributed by atoms with Crippen LogP contribution in [0, 0.1) is 0 Å². The maximum atomic E-state index is 4.31. The van der Waals surface area contributed by atoms with E-state index in [2.05, 4.69) is 51.7 Å². The van der Waals surface area contributed by atoms with E-state index in [1.807, 2.05) is 0 Å². The molecule has 0 aliphatic carbocycles. The molecule has 12 heavy (non-hydrogen) atoms. The summed E-state index contributed by atoms with van der Waals surface area (Å²) in [7, 11) is 2.13. The lowest BCUT2D eigenvalue weighted by molar-refractivity contribution is 0.347. The molecular weight excluding hydrogens is 265 g/mol. The van der Waals surface area contributed by atoms with Crippen LogP contribution in [0.15, 0.2) is 0 Å². The number of nitrogens with zero attached hydrogens (tertiary/aromatic N) is 2. The van der Waals surface area contributed by atoms with Gasteiger partial charge < -0.3 is 0 Å². The SMILES string of the molecule is CC(I)c1n[nH]c2c1CN(C)C2. The number of fused-ring (bicyclic) bond motifs is 1. The van der Waals surface area contributed by atoms with Crippen LogP contribution in [-0.4, -0.2) is 22.1 Å². The molecule has 0 amide bonds. The highest BCUT2D eigenvalue weighted by Crippen LogP contribution is 2.30. The fourth-order valence-corrected chi connectivity index (χ4v) is 2.16. The van der Waals surface area contributed by atoms with Gasteiger partial charge >= 0.3 is 0 Å². The minimum absolute atomic E-state index is 0.508. The van der Waals surface area contributed by atoms with Crippen LogP contribution in [0.2, 0.25) is 0 Å². The van der Waals surface area contributed by atoms with Gasteiger partial charge in [0.15, 0.2) is 0 Å². The monoisotopic (exact) mass is 277 g/mol. The smallest absolute Gasteiger partial charge is 0.0795 e. The molecule has 1 N–H and O–H groups in total. The molecule has 0 radical (unpaired) electrons. The normalized spacial score (nSPS) is 19.6. The van der Waals surface area contributed by atoms with Crippen LogP contribution in [0.4, 0.5) is 0 Å². The van der Waals surface area contributed by atoms with E-state index in [0.717, 1.165) is 13.1 Å². The molecule has 0 fully saturated rings. The molecule has 0 saturated carbocycles.